The molecular formula is C13H16ClN3O2. The average molecular weight is 282 g/mol. The van der Waals surface area contributed by atoms with Gasteiger partial charge in [-0.05, 0) is 12.1 Å². The zero-order valence-electron chi connectivity index (χ0n) is 10.5. The van der Waals surface area contributed by atoms with Gasteiger partial charge in [0.2, 0.25) is 5.91 Å². The van der Waals surface area contributed by atoms with E-state index in [1.807, 2.05) is 30.3 Å². The fourth-order valence-corrected chi connectivity index (χ4v) is 2.14. The van der Waals surface area contributed by atoms with Crippen LogP contribution < -0.4 is 5.32 Å². The highest BCUT2D eigenvalue weighted by molar-refractivity contribution is 6.27. The maximum Gasteiger partial charge on any atom is 0.321 e. The third-order valence-corrected chi connectivity index (χ3v) is 3.29. The second kappa shape index (κ2) is 6.43. The lowest BCUT2D eigenvalue weighted by atomic mass is 10.3. The number of amides is 3. The molecule has 0 aliphatic carbocycles. The molecule has 0 bridgehead atoms. The Kier molecular flexibility index (Phi) is 4.63. The summed E-state index contributed by atoms with van der Waals surface area (Å²) in [6.45, 7) is 2.13. The standard InChI is InChI=1S/C13H16ClN3O2/c14-10-12(18)16-6-8-17(9-7-16)13(19)15-11-4-2-1-3-5-11/h1-5H,6-10H2,(H,15,19). The minimum Gasteiger partial charge on any atom is -0.338 e. The first kappa shape index (κ1) is 13.7. The number of anilines is 1. The lowest BCUT2D eigenvalue weighted by Gasteiger charge is -2.34. The van der Waals surface area contributed by atoms with E-state index in [2.05, 4.69) is 5.32 Å². The Morgan fingerprint density at radius 3 is 2.21 bits per heavy atom. The van der Waals surface area contributed by atoms with E-state index in [1.54, 1.807) is 9.80 Å². The van der Waals surface area contributed by atoms with Crippen LogP contribution in [0.2, 0.25) is 0 Å². The van der Waals surface area contributed by atoms with E-state index < -0.39 is 0 Å². The molecule has 6 heteroatoms. The molecule has 1 fully saturated rings. The molecule has 1 heterocycles. The van der Waals surface area contributed by atoms with Crippen molar-refractivity contribution in [3.63, 3.8) is 0 Å². The maximum atomic E-state index is 12.0. The SMILES string of the molecule is O=C(CCl)N1CCN(C(=O)Nc2ccccc2)CC1. The second-order valence-corrected chi connectivity index (χ2v) is 4.56. The second-order valence-electron chi connectivity index (χ2n) is 4.30. The lowest BCUT2D eigenvalue weighted by molar-refractivity contribution is -0.129. The molecular weight excluding hydrogens is 266 g/mol. The Labute approximate surface area is 117 Å². The minimum atomic E-state index is -0.135. The number of carbonyl (C=O) groups excluding carboxylic acids is 2. The number of urea groups is 1. The summed E-state index contributed by atoms with van der Waals surface area (Å²) in [5.41, 5.74) is 0.770. The van der Waals surface area contributed by atoms with Crippen molar-refractivity contribution in [1.29, 1.82) is 0 Å². The Balaban J connectivity index is 1.84. The van der Waals surface area contributed by atoms with Crippen molar-refractivity contribution in [2.45, 2.75) is 0 Å². The number of para-hydroxylation sites is 1. The van der Waals surface area contributed by atoms with Gasteiger partial charge in [0.25, 0.3) is 0 Å². The Morgan fingerprint density at radius 2 is 1.63 bits per heavy atom. The van der Waals surface area contributed by atoms with Crippen LogP contribution in [0.5, 0.6) is 0 Å². The fraction of sp³-hybridized carbons (Fsp3) is 0.385. The van der Waals surface area contributed by atoms with E-state index in [0.717, 1.165) is 5.69 Å². The van der Waals surface area contributed by atoms with Gasteiger partial charge in [0.1, 0.15) is 5.88 Å². The summed E-state index contributed by atoms with van der Waals surface area (Å²) in [6, 6.07) is 9.17. The van der Waals surface area contributed by atoms with Gasteiger partial charge in [-0.1, -0.05) is 18.2 Å². The first-order valence-corrected chi connectivity index (χ1v) is 6.69. The first-order valence-electron chi connectivity index (χ1n) is 6.15. The molecule has 102 valence electrons. The summed E-state index contributed by atoms with van der Waals surface area (Å²) in [5, 5.41) is 2.83. The van der Waals surface area contributed by atoms with Crippen LogP contribution in [0.4, 0.5) is 10.5 Å². The van der Waals surface area contributed by atoms with Crippen LogP contribution >= 0.6 is 11.6 Å². The van der Waals surface area contributed by atoms with Crippen LogP contribution in [0.1, 0.15) is 0 Å². The number of carbonyl (C=O) groups is 2. The van der Waals surface area contributed by atoms with E-state index in [4.69, 9.17) is 11.6 Å². The number of nitrogens with zero attached hydrogens (tertiary/aromatic N) is 2. The van der Waals surface area contributed by atoms with E-state index in [0.29, 0.717) is 26.2 Å². The van der Waals surface area contributed by atoms with E-state index in [9.17, 15) is 9.59 Å². The van der Waals surface area contributed by atoms with Crippen molar-refractivity contribution in [2.75, 3.05) is 37.4 Å². The molecule has 0 saturated carbocycles. The number of alkyl halides is 1. The summed E-state index contributed by atoms with van der Waals surface area (Å²) in [5.74, 6) is -0.0827. The zero-order valence-corrected chi connectivity index (χ0v) is 11.3. The summed E-state index contributed by atoms with van der Waals surface area (Å²) in [6.07, 6.45) is 0. The third kappa shape index (κ3) is 3.61. The normalized spacial score (nSPS) is 15.2. The molecule has 0 atom stereocenters. The van der Waals surface area contributed by atoms with Crippen molar-refractivity contribution < 1.29 is 9.59 Å². The summed E-state index contributed by atoms with van der Waals surface area (Å²) in [7, 11) is 0. The lowest BCUT2D eigenvalue weighted by Crippen LogP contribution is -2.52. The van der Waals surface area contributed by atoms with E-state index >= 15 is 0 Å². The van der Waals surface area contributed by atoms with Gasteiger partial charge in [0.15, 0.2) is 0 Å². The highest BCUT2D eigenvalue weighted by Gasteiger charge is 2.23. The Morgan fingerprint density at radius 1 is 1.05 bits per heavy atom. The number of rotatable bonds is 2. The summed E-state index contributed by atoms with van der Waals surface area (Å²) >= 11 is 5.51. The van der Waals surface area contributed by atoms with Crippen molar-refractivity contribution >= 4 is 29.2 Å². The van der Waals surface area contributed by atoms with Gasteiger partial charge in [0, 0.05) is 31.9 Å². The number of hydrogen-bond donors (Lipinski definition) is 1. The fourth-order valence-electron chi connectivity index (χ4n) is 1.97. The van der Waals surface area contributed by atoms with Crippen LogP contribution in [0.3, 0.4) is 0 Å². The van der Waals surface area contributed by atoms with Gasteiger partial charge < -0.3 is 15.1 Å². The molecule has 3 amide bonds. The molecule has 19 heavy (non-hydrogen) atoms. The quantitative estimate of drug-likeness (QED) is 0.837. The summed E-state index contributed by atoms with van der Waals surface area (Å²) < 4.78 is 0. The van der Waals surface area contributed by atoms with E-state index in [1.165, 1.54) is 0 Å². The Bertz CT molecular complexity index is 444. The largest absolute Gasteiger partial charge is 0.338 e. The molecule has 0 radical (unpaired) electrons. The average Bonchev–Trinajstić information content (AvgIpc) is 2.47. The van der Waals surface area contributed by atoms with Crippen LogP contribution in [0, 0.1) is 0 Å². The van der Waals surface area contributed by atoms with Crippen LogP contribution in [0.25, 0.3) is 0 Å². The first-order chi connectivity index (χ1) is 9.20. The predicted molar refractivity (Wildman–Crippen MR) is 74.3 cm³/mol. The third-order valence-electron chi connectivity index (χ3n) is 3.06. The smallest absolute Gasteiger partial charge is 0.321 e. The van der Waals surface area contributed by atoms with Gasteiger partial charge in [0.05, 0.1) is 0 Å². The molecule has 1 saturated heterocycles. The summed E-state index contributed by atoms with van der Waals surface area (Å²) in [4.78, 5) is 26.8. The van der Waals surface area contributed by atoms with Crippen molar-refractivity contribution in [1.82, 2.24) is 9.80 Å². The van der Waals surface area contributed by atoms with Crippen molar-refractivity contribution in [2.24, 2.45) is 0 Å². The molecule has 0 unspecified atom stereocenters. The zero-order chi connectivity index (χ0) is 13.7. The van der Waals surface area contributed by atoms with Gasteiger partial charge >= 0.3 is 6.03 Å². The van der Waals surface area contributed by atoms with E-state index in [-0.39, 0.29) is 17.8 Å². The minimum absolute atomic E-state index is 0.00376. The van der Waals surface area contributed by atoms with Gasteiger partial charge in [-0.25, -0.2) is 4.79 Å². The van der Waals surface area contributed by atoms with Crippen LogP contribution in [-0.4, -0.2) is 53.8 Å². The topological polar surface area (TPSA) is 52.7 Å². The molecule has 1 aliphatic heterocycles. The Hall–Kier alpha value is -1.75. The molecule has 1 aliphatic rings. The van der Waals surface area contributed by atoms with Crippen molar-refractivity contribution in [3.05, 3.63) is 30.3 Å². The molecule has 0 aromatic heterocycles. The van der Waals surface area contributed by atoms with Crippen LogP contribution in [0.15, 0.2) is 30.3 Å². The monoisotopic (exact) mass is 281 g/mol. The van der Waals surface area contributed by atoms with Crippen molar-refractivity contribution in [3.8, 4) is 0 Å². The van der Waals surface area contributed by atoms with Gasteiger partial charge in [-0.3, -0.25) is 4.79 Å². The highest BCUT2D eigenvalue weighted by atomic mass is 35.5. The number of benzene rings is 1. The molecule has 1 aromatic rings. The molecule has 0 spiro atoms. The highest BCUT2D eigenvalue weighted by Crippen LogP contribution is 2.09. The van der Waals surface area contributed by atoms with Gasteiger partial charge in [-0.2, -0.15) is 0 Å². The van der Waals surface area contributed by atoms with Crippen LogP contribution in [-0.2, 0) is 4.79 Å². The number of hydrogen-bond acceptors (Lipinski definition) is 2. The molecule has 1 N–H and O–H groups in total. The molecule has 5 nitrogen and oxygen atoms in total. The molecule has 1 aromatic carbocycles. The van der Waals surface area contributed by atoms with Gasteiger partial charge in [-0.15, -0.1) is 11.6 Å². The molecule has 2 rings (SSSR count). The number of nitrogens with one attached hydrogen (secondary N) is 1. The maximum absolute atomic E-state index is 12.0. The predicted octanol–water partition coefficient (Wildman–Crippen LogP) is 1.60. The number of piperazine rings is 1. The number of halogens is 1.